The third-order valence-electron chi connectivity index (χ3n) is 3.19. The van der Waals surface area contributed by atoms with Crippen LogP contribution in [-0.2, 0) is 0 Å². The van der Waals surface area contributed by atoms with Crippen LogP contribution in [0, 0.1) is 11.3 Å². The first-order valence-corrected chi connectivity index (χ1v) is 5.02. The Hall–Kier alpha value is -1.75. The Balaban J connectivity index is 2.21. The van der Waals surface area contributed by atoms with Gasteiger partial charge in [0.05, 0.1) is 17.2 Å². The number of anilines is 1. The van der Waals surface area contributed by atoms with E-state index in [0.717, 1.165) is 6.54 Å². The van der Waals surface area contributed by atoms with Gasteiger partial charge in [0.1, 0.15) is 0 Å². The molecule has 0 aliphatic carbocycles. The zero-order valence-electron chi connectivity index (χ0n) is 9.12. The second-order valence-corrected chi connectivity index (χ2v) is 4.30. The van der Waals surface area contributed by atoms with E-state index in [1.165, 1.54) is 11.3 Å². The van der Waals surface area contributed by atoms with E-state index >= 15 is 0 Å². The molecule has 1 heterocycles. The van der Waals surface area contributed by atoms with Gasteiger partial charge < -0.3 is 4.90 Å². The lowest BCUT2D eigenvalue weighted by atomic mass is 10.1. The molecule has 2 rings (SSSR count). The van der Waals surface area contributed by atoms with E-state index in [0.29, 0.717) is 5.56 Å². The zero-order valence-corrected chi connectivity index (χ0v) is 9.12. The largest absolute Gasteiger partial charge is 0.358 e. The summed E-state index contributed by atoms with van der Waals surface area (Å²) in [7, 11) is 0. The molecule has 0 N–H and O–H groups in total. The van der Waals surface area contributed by atoms with Crippen molar-refractivity contribution >= 4 is 5.69 Å². The lowest BCUT2D eigenvalue weighted by molar-refractivity contribution is 0.853. The summed E-state index contributed by atoms with van der Waals surface area (Å²) in [6.07, 6.45) is 0. The summed E-state index contributed by atoms with van der Waals surface area (Å²) < 4.78 is 0. The Morgan fingerprint density at radius 1 is 1.47 bits per heavy atom. The van der Waals surface area contributed by atoms with E-state index in [1.807, 2.05) is 24.3 Å². The molecule has 0 radical (unpaired) electrons. The van der Waals surface area contributed by atoms with Crippen molar-refractivity contribution in [2.75, 3.05) is 11.4 Å². The fourth-order valence-corrected chi connectivity index (χ4v) is 1.73. The van der Waals surface area contributed by atoms with Crippen molar-refractivity contribution in [3.8, 4) is 6.07 Å². The van der Waals surface area contributed by atoms with Crippen LogP contribution in [0.5, 0.6) is 0 Å². The van der Waals surface area contributed by atoms with Crippen LogP contribution in [0.2, 0.25) is 0 Å². The smallest absolute Gasteiger partial charge is 0.0991 e. The summed E-state index contributed by atoms with van der Waals surface area (Å²) in [6.45, 7) is 9.27. The lowest BCUT2D eigenvalue weighted by Crippen LogP contribution is -2.13. The standard InChI is InChI=1S/C13H14N2/c1-10(2)13(3)9-15(13)12-6-4-11(8-14)5-7-12/h4-7H,1,9H2,2-3H3. The molecular formula is C13H14N2. The zero-order chi connectivity index (χ0) is 11.1. The summed E-state index contributed by atoms with van der Waals surface area (Å²) in [5.41, 5.74) is 3.18. The maximum Gasteiger partial charge on any atom is 0.0991 e. The predicted octanol–water partition coefficient (Wildman–Crippen LogP) is 2.71. The van der Waals surface area contributed by atoms with E-state index in [-0.39, 0.29) is 5.54 Å². The van der Waals surface area contributed by atoms with Crippen molar-refractivity contribution in [3.63, 3.8) is 0 Å². The third kappa shape index (κ3) is 1.50. The molecule has 76 valence electrons. The van der Waals surface area contributed by atoms with Gasteiger partial charge in [-0.2, -0.15) is 5.26 Å². The Labute approximate surface area is 90.4 Å². The molecule has 15 heavy (non-hydrogen) atoms. The Morgan fingerprint density at radius 2 is 2.07 bits per heavy atom. The van der Waals surface area contributed by atoms with Gasteiger partial charge in [0.15, 0.2) is 0 Å². The first kappa shape index (κ1) is 9.79. The quantitative estimate of drug-likeness (QED) is 0.539. The van der Waals surface area contributed by atoms with Crippen LogP contribution in [0.4, 0.5) is 5.69 Å². The summed E-state index contributed by atoms with van der Waals surface area (Å²) in [6, 6.07) is 9.81. The van der Waals surface area contributed by atoms with Crippen LogP contribution in [-0.4, -0.2) is 12.1 Å². The van der Waals surface area contributed by atoms with Crippen LogP contribution in [0.3, 0.4) is 0 Å². The maximum absolute atomic E-state index is 8.70. The third-order valence-corrected chi connectivity index (χ3v) is 3.19. The number of hydrogen-bond donors (Lipinski definition) is 0. The molecule has 1 aromatic rings. The molecule has 1 aliphatic rings. The minimum Gasteiger partial charge on any atom is -0.358 e. The normalized spacial score (nSPS) is 23.4. The average molecular weight is 198 g/mol. The highest BCUT2D eigenvalue weighted by Gasteiger charge is 2.48. The van der Waals surface area contributed by atoms with E-state index < -0.39 is 0 Å². The Bertz CT molecular complexity index is 439. The molecule has 1 aromatic carbocycles. The Kier molecular flexibility index (Phi) is 2.04. The van der Waals surface area contributed by atoms with E-state index in [1.54, 1.807) is 0 Å². The van der Waals surface area contributed by atoms with Gasteiger partial charge in [-0.25, -0.2) is 0 Å². The van der Waals surface area contributed by atoms with Gasteiger partial charge in [0.25, 0.3) is 0 Å². The van der Waals surface area contributed by atoms with Crippen molar-refractivity contribution in [1.82, 2.24) is 0 Å². The van der Waals surface area contributed by atoms with Crippen LogP contribution < -0.4 is 4.90 Å². The number of hydrogen-bond acceptors (Lipinski definition) is 2. The van der Waals surface area contributed by atoms with Crippen LogP contribution >= 0.6 is 0 Å². The van der Waals surface area contributed by atoms with Crippen LogP contribution in [0.15, 0.2) is 36.4 Å². The predicted molar refractivity (Wildman–Crippen MR) is 61.7 cm³/mol. The van der Waals surface area contributed by atoms with Crippen molar-refractivity contribution in [2.45, 2.75) is 19.4 Å². The monoisotopic (exact) mass is 198 g/mol. The Morgan fingerprint density at radius 3 is 2.47 bits per heavy atom. The maximum atomic E-state index is 8.70. The molecule has 0 amide bonds. The highest BCUT2D eigenvalue weighted by Crippen LogP contribution is 2.42. The molecule has 2 heteroatoms. The topological polar surface area (TPSA) is 26.8 Å². The second kappa shape index (κ2) is 3.13. The SMILES string of the molecule is C=C(C)C1(C)CN1c1ccc(C#N)cc1. The highest BCUT2D eigenvalue weighted by molar-refractivity contribution is 5.62. The van der Waals surface area contributed by atoms with Gasteiger partial charge in [0, 0.05) is 12.2 Å². The minimum atomic E-state index is 0.119. The van der Waals surface area contributed by atoms with Gasteiger partial charge in [-0.3, -0.25) is 0 Å². The van der Waals surface area contributed by atoms with Gasteiger partial charge in [-0.05, 0) is 38.1 Å². The van der Waals surface area contributed by atoms with E-state index in [2.05, 4.69) is 31.4 Å². The van der Waals surface area contributed by atoms with E-state index in [9.17, 15) is 0 Å². The summed E-state index contributed by atoms with van der Waals surface area (Å²) >= 11 is 0. The van der Waals surface area contributed by atoms with Crippen LogP contribution in [0.1, 0.15) is 19.4 Å². The fourth-order valence-electron chi connectivity index (χ4n) is 1.73. The van der Waals surface area contributed by atoms with E-state index in [4.69, 9.17) is 5.26 Å². The minimum absolute atomic E-state index is 0.119. The first-order valence-electron chi connectivity index (χ1n) is 5.02. The summed E-state index contributed by atoms with van der Waals surface area (Å²) in [4.78, 5) is 2.29. The molecule has 0 aromatic heterocycles. The summed E-state index contributed by atoms with van der Waals surface area (Å²) in [5.74, 6) is 0. The highest BCUT2D eigenvalue weighted by atomic mass is 15.4. The molecule has 0 spiro atoms. The van der Waals surface area contributed by atoms with Crippen molar-refractivity contribution in [2.24, 2.45) is 0 Å². The average Bonchev–Trinajstić information content (AvgIpc) is 2.93. The molecule has 1 saturated heterocycles. The molecular weight excluding hydrogens is 184 g/mol. The number of benzene rings is 1. The lowest BCUT2D eigenvalue weighted by Gasteiger charge is -2.13. The fraction of sp³-hybridized carbons (Fsp3) is 0.308. The molecule has 1 atom stereocenters. The molecule has 1 aliphatic heterocycles. The van der Waals surface area contributed by atoms with Crippen LogP contribution in [0.25, 0.3) is 0 Å². The van der Waals surface area contributed by atoms with Gasteiger partial charge in [-0.1, -0.05) is 12.2 Å². The number of nitrogens with zero attached hydrogens (tertiary/aromatic N) is 2. The number of rotatable bonds is 2. The summed E-state index contributed by atoms with van der Waals surface area (Å²) in [5, 5.41) is 8.70. The molecule has 1 unspecified atom stereocenters. The molecule has 2 nitrogen and oxygen atoms in total. The molecule has 0 bridgehead atoms. The van der Waals surface area contributed by atoms with Crippen molar-refractivity contribution < 1.29 is 0 Å². The van der Waals surface area contributed by atoms with Gasteiger partial charge >= 0.3 is 0 Å². The number of nitriles is 1. The van der Waals surface area contributed by atoms with Crippen molar-refractivity contribution in [1.29, 1.82) is 5.26 Å². The molecule has 1 fully saturated rings. The van der Waals surface area contributed by atoms with Gasteiger partial charge in [-0.15, -0.1) is 0 Å². The van der Waals surface area contributed by atoms with Gasteiger partial charge in [0.2, 0.25) is 0 Å². The molecule has 0 saturated carbocycles. The van der Waals surface area contributed by atoms with Crippen molar-refractivity contribution in [3.05, 3.63) is 42.0 Å². The first-order chi connectivity index (χ1) is 7.08. The second-order valence-electron chi connectivity index (χ2n) is 4.30.